The van der Waals surface area contributed by atoms with Crippen LogP contribution >= 0.6 is 11.6 Å². The first-order chi connectivity index (χ1) is 12.3. The molecule has 0 amide bonds. The summed E-state index contributed by atoms with van der Waals surface area (Å²) in [6.45, 7) is 5.81. The highest BCUT2D eigenvalue weighted by atomic mass is 35.5. The zero-order valence-electron chi connectivity index (χ0n) is 15.0. The van der Waals surface area contributed by atoms with Gasteiger partial charge in [-0.2, -0.15) is 0 Å². The molecule has 0 spiro atoms. The molecule has 0 radical (unpaired) electrons. The van der Waals surface area contributed by atoms with Crippen LogP contribution < -0.4 is 9.47 Å². The van der Waals surface area contributed by atoms with Crippen molar-refractivity contribution >= 4 is 23.5 Å². The van der Waals surface area contributed by atoms with Crippen molar-refractivity contribution < 1.29 is 23.8 Å². The maximum Gasteiger partial charge on any atom is 0.349 e. The Bertz CT molecular complexity index is 786. The lowest BCUT2D eigenvalue weighted by molar-refractivity contribution is -0.136. The minimum Gasteiger partial charge on any atom is -0.482 e. The Labute approximate surface area is 157 Å². The van der Waals surface area contributed by atoms with Crippen molar-refractivity contribution in [2.24, 2.45) is 5.92 Å². The lowest BCUT2D eigenvalue weighted by Crippen LogP contribution is -2.18. The summed E-state index contributed by atoms with van der Waals surface area (Å²) in [6, 6.07) is 11.4. The molecule has 0 fully saturated rings. The molecule has 2 aromatic carbocycles. The predicted molar refractivity (Wildman–Crippen MR) is 98.9 cm³/mol. The molecule has 0 atom stereocenters. The second kappa shape index (κ2) is 9.25. The third kappa shape index (κ3) is 6.08. The van der Waals surface area contributed by atoms with Crippen LogP contribution in [0, 0.1) is 12.8 Å². The minimum absolute atomic E-state index is 0.244. The summed E-state index contributed by atoms with van der Waals surface area (Å²) in [7, 11) is 0. The third-order valence-corrected chi connectivity index (χ3v) is 3.57. The van der Waals surface area contributed by atoms with Gasteiger partial charge in [0, 0.05) is 5.02 Å². The van der Waals surface area contributed by atoms with Crippen LogP contribution in [-0.2, 0) is 9.53 Å². The van der Waals surface area contributed by atoms with Gasteiger partial charge in [-0.15, -0.1) is 0 Å². The minimum atomic E-state index is -0.577. The number of benzene rings is 2. The highest BCUT2D eigenvalue weighted by Crippen LogP contribution is 2.22. The molecule has 0 heterocycles. The standard InChI is InChI=1S/C20H21ClO5/c1-13(2)11-25-20(23)15-5-4-6-17(10-15)26-19(22)12-24-18-8-7-16(21)9-14(18)3/h4-10,13H,11-12H2,1-3H3. The second-order valence-electron chi connectivity index (χ2n) is 6.19. The van der Waals surface area contributed by atoms with Crippen LogP contribution in [0.2, 0.25) is 5.02 Å². The Kier molecular flexibility index (Phi) is 7.04. The fourth-order valence-corrected chi connectivity index (χ4v) is 2.31. The molecule has 2 rings (SSSR count). The molecule has 0 N–H and O–H groups in total. The van der Waals surface area contributed by atoms with E-state index in [9.17, 15) is 9.59 Å². The van der Waals surface area contributed by atoms with Gasteiger partial charge in [0.15, 0.2) is 6.61 Å². The van der Waals surface area contributed by atoms with E-state index in [0.29, 0.717) is 22.9 Å². The topological polar surface area (TPSA) is 61.8 Å². The van der Waals surface area contributed by atoms with Crippen molar-refractivity contribution in [1.82, 2.24) is 0 Å². The molecule has 0 aliphatic rings. The number of carbonyl (C=O) groups excluding carboxylic acids is 2. The third-order valence-electron chi connectivity index (χ3n) is 3.33. The van der Waals surface area contributed by atoms with Gasteiger partial charge in [-0.05, 0) is 54.8 Å². The highest BCUT2D eigenvalue weighted by molar-refractivity contribution is 6.30. The summed E-state index contributed by atoms with van der Waals surface area (Å²) in [4.78, 5) is 23.9. The van der Waals surface area contributed by atoms with Crippen LogP contribution in [0.4, 0.5) is 0 Å². The highest BCUT2D eigenvalue weighted by Gasteiger charge is 2.12. The van der Waals surface area contributed by atoms with E-state index in [4.69, 9.17) is 25.8 Å². The summed E-state index contributed by atoms with van der Waals surface area (Å²) in [5, 5.41) is 0.596. The lowest BCUT2D eigenvalue weighted by Gasteiger charge is -2.10. The maximum atomic E-state index is 12.0. The number of esters is 2. The maximum absolute atomic E-state index is 12.0. The fraction of sp³-hybridized carbons (Fsp3) is 0.300. The summed E-state index contributed by atoms with van der Waals surface area (Å²) in [5.74, 6) is 0.0212. The van der Waals surface area contributed by atoms with E-state index in [1.54, 1.807) is 36.4 Å². The lowest BCUT2D eigenvalue weighted by atomic mass is 10.2. The van der Waals surface area contributed by atoms with Crippen LogP contribution in [0.15, 0.2) is 42.5 Å². The molecular formula is C20H21ClO5. The summed E-state index contributed by atoms with van der Waals surface area (Å²) in [5.41, 5.74) is 1.14. The zero-order chi connectivity index (χ0) is 19.1. The van der Waals surface area contributed by atoms with Gasteiger partial charge < -0.3 is 14.2 Å². The van der Waals surface area contributed by atoms with E-state index in [1.807, 2.05) is 20.8 Å². The predicted octanol–water partition coefficient (Wildman–Crippen LogP) is 4.45. The number of carbonyl (C=O) groups is 2. The first-order valence-corrected chi connectivity index (χ1v) is 8.59. The Morgan fingerprint density at radius 3 is 2.58 bits per heavy atom. The Morgan fingerprint density at radius 2 is 1.88 bits per heavy atom. The molecule has 0 saturated heterocycles. The van der Waals surface area contributed by atoms with Crippen LogP contribution in [0.3, 0.4) is 0 Å². The van der Waals surface area contributed by atoms with E-state index in [2.05, 4.69) is 0 Å². The van der Waals surface area contributed by atoms with Gasteiger partial charge in [0.2, 0.25) is 0 Å². The van der Waals surface area contributed by atoms with E-state index in [-0.39, 0.29) is 18.3 Å². The van der Waals surface area contributed by atoms with Crippen LogP contribution in [0.1, 0.15) is 29.8 Å². The number of hydrogen-bond acceptors (Lipinski definition) is 5. The zero-order valence-corrected chi connectivity index (χ0v) is 15.7. The first-order valence-electron chi connectivity index (χ1n) is 8.22. The molecule has 26 heavy (non-hydrogen) atoms. The Hall–Kier alpha value is -2.53. The van der Waals surface area contributed by atoms with Gasteiger partial charge in [0.1, 0.15) is 11.5 Å². The molecule has 0 bridgehead atoms. The van der Waals surface area contributed by atoms with Crippen LogP contribution in [-0.4, -0.2) is 25.2 Å². The van der Waals surface area contributed by atoms with Crippen molar-refractivity contribution in [3.63, 3.8) is 0 Å². The molecule has 0 unspecified atom stereocenters. The van der Waals surface area contributed by atoms with Crippen molar-refractivity contribution in [3.8, 4) is 11.5 Å². The second-order valence-corrected chi connectivity index (χ2v) is 6.63. The molecule has 6 heteroatoms. The van der Waals surface area contributed by atoms with Crippen LogP contribution in [0.5, 0.6) is 11.5 Å². The molecule has 0 aliphatic heterocycles. The van der Waals surface area contributed by atoms with Gasteiger partial charge >= 0.3 is 11.9 Å². The Balaban J connectivity index is 1.92. The number of halogens is 1. The van der Waals surface area contributed by atoms with Gasteiger partial charge in [0.25, 0.3) is 0 Å². The average Bonchev–Trinajstić information content (AvgIpc) is 2.59. The number of aryl methyl sites for hydroxylation is 1. The molecule has 138 valence electrons. The molecule has 2 aromatic rings. The van der Waals surface area contributed by atoms with Crippen molar-refractivity contribution in [1.29, 1.82) is 0 Å². The van der Waals surface area contributed by atoms with E-state index in [1.165, 1.54) is 6.07 Å². The van der Waals surface area contributed by atoms with Crippen LogP contribution in [0.25, 0.3) is 0 Å². The number of rotatable bonds is 7. The van der Waals surface area contributed by atoms with Gasteiger partial charge in [-0.3, -0.25) is 0 Å². The van der Waals surface area contributed by atoms with E-state index in [0.717, 1.165) is 5.56 Å². The smallest absolute Gasteiger partial charge is 0.349 e. The number of ether oxygens (including phenoxy) is 3. The fourth-order valence-electron chi connectivity index (χ4n) is 2.08. The van der Waals surface area contributed by atoms with Gasteiger partial charge in [-0.25, -0.2) is 9.59 Å². The SMILES string of the molecule is Cc1cc(Cl)ccc1OCC(=O)Oc1cccc(C(=O)OCC(C)C)c1. The largest absolute Gasteiger partial charge is 0.482 e. The quantitative estimate of drug-likeness (QED) is 0.528. The van der Waals surface area contributed by atoms with E-state index < -0.39 is 11.9 Å². The van der Waals surface area contributed by atoms with Gasteiger partial charge in [0.05, 0.1) is 12.2 Å². The van der Waals surface area contributed by atoms with Gasteiger partial charge in [-0.1, -0.05) is 31.5 Å². The summed E-state index contributed by atoms with van der Waals surface area (Å²) < 4.78 is 15.8. The van der Waals surface area contributed by atoms with Crippen molar-refractivity contribution in [3.05, 3.63) is 58.6 Å². The monoisotopic (exact) mass is 376 g/mol. The summed E-state index contributed by atoms with van der Waals surface area (Å²) in [6.07, 6.45) is 0. The first kappa shape index (κ1) is 19.8. The normalized spacial score (nSPS) is 10.5. The molecular weight excluding hydrogens is 356 g/mol. The van der Waals surface area contributed by atoms with Crippen molar-refractivity contribution in [2.75, 3.05) is 13.2 Å². The average molecular weight is 377 g/mol. The molecule has 5 nitrogen and oxygen atoms in total. The molecule has 0 saturated carbocycles. The Morgan fingerprint density at radius 1 is 1.12 bits per heavy atom. The number of hydrogen-bond donors (Lipinski definition) is 0. The summed E-state index contributed by atoms with van der Waals surface area (Å²) >= 11 is 5.88. The molecule has 0 aliphatic carbocycles. The van der Waals surface area contributed by atoms with E-state index >= 15 is 0 Å². The van der Waals surface area contributed by atoms with Crippen molar-refractivity contribution in [2.45, 2.75) is 20.8 Å². The molecule has 0 aromatic heterocycles.